The van der Waals surface area contributed by atoms with Crippen LogP contribution in [0.25, 0.3) is 0 Å². The number of halogens is 7. The molecule has 0 spiro atoms. The van der Waals surface area contributed by atoms with E-state index in [4.69, 9.17) is 0 Å². The lowest BCUT2D eigenvalue weighted by molar-refractivity contribution is -0.401. The maximum atomic E-state index is 14.4. The van der Waals surface area contributed by atoms with Crippen molar-refractivity contribution < 1.29 is 40.6 Å². The lowest BCUT2D eigenvalue weighted by Crippen LogP contribution is -2.69. The van der Waals surface area contributed by atoms with Crippen molar-refractivity contribution in [1.29, 1.82) is 0 Å². The largest absolute Gasteiger partial charge is 0.460 e. The van der Waals surface area contributed by atoms with Gasteiger partial charge in [-0.15, -0.1) is 0 Å². The van der Waals surface area contributed by atoms with Gasteiger partial charge in [0.1, 0.15) is 0 Å². The van der Waals surface area contributed by atoms with Crippen LogP contribution in [0.1, 0.15) is 24.8 Å². The highest BCUT2D eigenvalue weighted by Crippen LogP contribution is 2.55. The number of carbonyl (C=O) groups is 1. The molecule has 1 aromatic rings. The van der Waals surface area contributed by atoms with Crippen LogP contribution < -0.4 is 0 Å². The Morgan fingerprint density at radius 3 is 2.11 bits per heavy atom. The minimum atomic E-state index is -6.64. The first-order valence-electron chi connectivity index (χ1n) is 7.84. The number of rotatable bonds is 4. The van der Waals surface area contributed by atoms with Crippen molar-refractivity contribution in [3.63, 3.8) is 0 Å². The third-order valence-corrected chi connectivity index (χ3v) is 4.48. The molecule has 1 saturated carbocycles. The van der Waals surface area contributed by atoms with Gasteiger partial charge in [0, 0.05) is 12.3 Å². The third-order valence-electron chi connectivity index (χ3n) is 4.48. The molecule has 0 saturated heterocycles. The number of alkyl halides is 7. The second-order valence-corrected chi connectivity index (χ2v) is 6.48. The number of nitrogens with zero attached hydrogens (tertiary/aromatic N) is 2. The zero-order valence-corrected chi connectivity index (χ0v) is 13.5. The zero-order valence-electron chi connectivity index (χ0n) is 13.5. The number of hydrogen-bond acceptors (Lipinski definition) is 3. The summed E-state index contributed by atoms with van der Waals surface area (Å²) < 4.78 is 93.7. The number of aliphatic hydroxyl groups is 1. The van der Waals surface area contributed by atoms with Gasteiger partial charge in [-0.3, -0.25) is 4.79 Å². The molecule has 1 fully saturated rings. The third kappa shape index (κ3) is 2.88. The van der Waals surface area contributed by atoms with E-state index >= 15 is 0 Å². The number of carbonyl (C=O) groups excluding carboxylic acids is 1. The number of hydrazone groups is 1. The molecule has 1 aliphatic carbocycles. The molecule has 0 aromatic heterocycles. The lowest BCUT2D eigenvalue weighted by Gasteiger charge is -2.41. The SMILES string of the molecule is O=C(C1CC1)N1N=C(c2ccccc2)C[C@@]1(O)C(F)(F)C(F)(F)C(F)(F)F. The Morgan fingerprint density at radius 2 is 1.63 bits per heavy atom. The first-order valence-corrected chi connectivity index (χ1v) is 7.84. The molecule has 1 amide bonds. The van der Waals surface area contributed by atoms with Crippen LogP contribution >= 0.6 is 0 Å². The summed E-state index contributed by atoms with van der Waals surface area (Å²) in [5, 5.41) is 13.5. The molecule has 11 heteroatoms. The first kappa shape index (κ1) is 19.6. The molecule has 1 heterocycles. The van der Waals surface area contributed by atoms with Crippen molar-refractivity contribution in [3.05, 3.63) is 35.9 Å². The topological polar surface area (TPSA) is 52.9 Å². The molecule has 27 heavy (non-hydrogen) atoms. The normalized spacial score (nSPS) is 24.1. The second kappa shape index (κ2) is 5.91. The van der Waals surface area contributed by atoms with Crippen molar-refractivity contribution in [2.45, 2.75) is 43.0 Å². The predicted octanol–water partition coefficient (Wildman–Crippen LogP) is 3.55. The Balaban J connectivity index is 2.07. The number of benzene rings is 1. The summed E-state index contributed by atoms with van der Waals surface area (Å²) in [5.74, 6) is -14.7. The van der Waals surface area contributed by atoms with E-state index in [-0.39, 0.29) is 23.4 Å². The highest BCUT2D eigenvalue weighted by molar-refractivity contribution is 6.03. The Bertz CT molecular complexity index is 775. The van der Waals surface area contributed by atoms with E-state index in [1.54, 1.807) is 6.07 Å². The minimum absolute atomic E-state index is 0.105. The summed E-state index contributed by atoms with van der Waals surface area (Å²) in [7, 11) is 0. The molecule has 1 aliphatic heterocycles. The van der Waals surface area contributed by atoms with Crippen LogP contribution in [0.4, 0.5) is 30.7 Å². The number of hydrogen-bond donors (Lipinski definition) is 1. The fourth-order valence-corrected chi connectivity index (χ4v) is 2.75. The second-order valence-electron chi connectivity index (χ2n) is 6.48. The summed E-state index contributed by atoms with van der Waals surface area (Å²) in [6.45, 7) is 0. The summed E-state index contributed by atoms with van der Waals surface area (Å²) in [5.41, 5.74) is -4.45. The molecule has 1 N–H and O–H groups in total. The summed E-state index contributed by atoms with van der Waals surface area (Å²) >= 11 is 0. The van der Waals surface area contributed by atoms with E-state index in [0.717, 1.165) is 0 Å². The average molecular weight is 398 g/mol. The van der Waals surface area contributed by atoms with E-state index in [2.05, 4.69) is 5.10 Å². The summed E-state index contributed by atoms with van der Waals surface area (Å²) in [6.07, 6.45) is -7.55. The van der Waals surface area contributed by atoms with Crippen molar-refractivity contribution in [3.8, 4) is 0 Å². The molecule has 1 atom stereocenters. The highest BCUT2D eigenvalue weighted by Gasteiger charge is 2.82. The molecule has 0 bridgehead atoms. The fraction of sp³-hybridized carbons (Fsp3) is 0.500. The van der Waals surface area contributed by atoms with Crippen LogP contribution in [0.15, 0.2) is 35.4 Å². The van der Waals surface area contributed by atoms with E-state index in [1.807, 2.05) is 0 Å². The van der Waals surface area contributed by atoms with E-state index < -0.39 is 47.7 Å². The van der Waals surface area contributed by atoms with Crippen LogP contribution in [-0.4, -0.2) is 45.5 Å². The Labute approximate surface area is 148 Å². The molecule has 3 rings (SSSR count). The smallest absolute Gasteiger partial charge is 0.364 e. The standard InChI is InChI=1S/C16H13F7N2O2/c17-14(18,15(19,20)16(21,22)23)13(27)8-11(9-4-2-1-3-5-9)24-25(13)12(26)10-6-7-10/h1-5,10,27H,6-8H2/t13-/m1/s1. The van der Waals surface area contributed by atoms with Crippen LogP contribution in [0, 0.1) is 5.92 Å². The highest BCUT2D eigenvalue weighted by atomic mass is 19.4. The molecule has 148 valence electrons. The van der Waals surface area contributed by atoms with Crippen molar-refractivity contribution in [2.75, 3.05) is 0 Å². The van der Waals surface area contributed by atoms with Crippen LogP contribution in [-0.2, 0) is 4.79 Å². The van der Waals surface area contributed by atoms with Gasteiger partial charge in [-0.2, -0.15) is 40.8 Å². The molecular weight excluding hydrogens is 385 g/mol. The summed E-state index contributed by atoms with van der Waals surface area (Å²) in [4.78, 5) is 12.2. The van der Waals surface area contributed by atoms with Gasteiger partial charge in [-0.05, 0) is 18.4 Å². The van der Waals surface area contributed by atoms with Gasteiger partial charge in [0.15, 0.2) is 0 Å². The quantitative estimate of drug-likeness (QED) is 0.789. The molecule has 0 unspecified atom stereocenters. The van der Waals surface area contributed by atoms with Crippen LogP contribution in [0.2, 0.25) is 0 Å². The van der Waals surface area contributed by atoms with E-state index in [1.165, 1.54) is 24.3 Å². The van der Waals surface area contributed by atoms with Crippen molar-refractivity contribution in [1.82, 2.24) is 5.01 Å². The van der Waals surface area contributed by atoms with Crippen LogP contribution in [0.5, 0.6) is 0 Å². The Hall–Kier alpha value is -2.17. The maximum Gasteiger partial charge on any atom is 0.460 e. The van der Waals surface area contributed by atoms with Crippen molar-refractivity contribution in [2.24, 2.45) is 11.0 Å². The lowest BCUT2D eigenvalue weighted by atomic mass is 9.91. The van der Waals surface area contributed by atoms with Crippen LogP contribution in [0.3, 0.4) is 0 Å². The zero-order chi connectivity index (χ0) is 20.3. The van der Waals surface area contributed by atoms with Gasteiger partial charge >= 0.3 is 18.0 Å². The molecule has 4 nitrogen and oxygen atoms in total. The molecule has 1 aromatic carbocycles. The molecule has 2 aliphatic rings. The van der Waals surface area contributed by atoms with Gasteiger partial charge < -0.3 is 5.11 Å². The first-order chi connectivity index (χ1) is 12.3. The van der Waals surface area contributed by atoms with Gasteiger partial charge in [-0.1, -0.05) is 30.3 Å². The Kier molecular flexibility index (Phi) is 4.29. The molecular formula is C16H13F7N2O2. The van der Waals surface area contributed by atoms with Gasteiger partial charge in [0.2, 0.25) is 11.6 Å². The van der Waals surface area contributed by atoms with Crippen molar-refractivity contribution >= 4 is 11.6 Å². The minimum Gasteiger partial charge on any atom is -0.364 e. The van der Waals surface area contributed by atoms with Gasteiger partial charge in [0.05, 0.1) is 5.71 Å². The average Bonchev–Trinajstić information content (AvgIpc) is 3.36. The van der Waals surface area contributed by atoms with E-state index in [0.29, 0.717) is 0 Å². The fourth-order valence-electron chi connectivity index (χ4n) is 2.75. The predicted molar refractivity (Wildman–Crippen MR) is 78.1 cm³/mol. The maximum absolute atomic E-state index is 14.4. The molecule has 0 radical (unpaired) electrons. The van der Waals surface area contributed by atoms with Gasteiger partial charge in [-0.25, -0.2) is 0 Å². The summed E-state index contributed by atoms with van der Waals surface area (Å²) in [6, 6.07) is 7.12. The monoisotopic (exact) mass is 398 g/mol. The van der Waals surface area contributed by atoms with E-state index in [9.17, 15) is 40.6 Å². The van der Waals surface area contributed by atoms with Gasteiger partial charge in [0.25, 0.3) is 0 Å². The Morgan fingerprint density at radius 1 is 1.07 bits per heavy atom. The number of amides is 1.